The standard InChI is InChI=1S/C20H23N5S/c1-2-5-15(6-3-1)23-20-24-16-9-8-14(11-18(16)26-20)12-25-13-22-17-7-4-10-21-19(17)25/h4,7-11,13,15,20,23-24H,1-3,5-6,12H2. The molecule has 0 amide bonds. The summed E-state index contributed by atoms with van der Waals surface area (Å²) in [5.41, 5.74) is 4.69. The molecule has 6 heteroatoms. The largest absolute Gasteiger partial charge is 0.360 e. The van der Waals surface area contributed by atoms with E-state index < -0.39 is 0 Å². The molecule has 2 N–H and O–H groups in total. The van der Waals surface area contributed by atoms with E-state index in [1.54, 1.807) is 0 Å². The van der Waals surface area contributed by atoms with Crippen molar-refractivity contribution >= 4 is 28.6 Å². The number of nitrogens with zero attached hydrogens (tertiary/aromatic N) is 3. The summed E-state index contributed by atoms with van der Waals surface area (Å²) in [6.45, 7) is 0.794. The third-order valence-electron chi connectivity index (χ3n) is 5.30. The number of benzene rings is 1. The Kier molecular flexibility index (Phi) is 4.30. The van der Waals surface area contributed by atoms with Gasteiger partial charge in [0.1, 0.15) is 11.0 Å². The lowest BCUT2D eigenvalue weighted by atomic mass is 9.96. The van der Waals surface area contributed by atoms with Crippen LogP contribution in [0.1, 0.15) is 37.7 Å². The van der Waals surface area contributed by atoms with Crippen LogP contribution in [0.15, 0.2) is 47.8 Å². The van der Waals surface area contributed by atoms with Crippen molar-refractivity contribution in [3.05, 3.63) is 48.4 Å². The van der Waals surface area contributed by atoms with E-state index in [2.05, 4.69) is 43.4 Å². The van der Waals surface area contributed by atoms with E-state index in [0.29, 0.717) is 11.5 Å². The second-order valence-electron chi connectivity index (χ2n) is 7.19. The van der Waals surface area contributed by atoms with Gasteiger partial charge in [-0.25, -0.2) is 9.97 Å². The number of pyridine rings is 1. The first kappa shape index (κ1) is 16.1. The SMILES string of the molecule is c1cnc2c(c1)ncn2Cc1ccc2c(c1)SC(NC1CCCCC1)N2. The number of aromatic nitrogens is 3. The molecule has 1 aromatic carbocycles. The van der Waals surface area contributed by atoms with Crippen LogP contribution in [0.3, 0.4) is 0 Å². The van der Waals surface area contributed by atoms with Crippen molar-refractivity contribution in [2.75, 3.05) is 5.32 Å². The summed E-state index contributed by atoms with van der Waals surface area (Å²) in [5, 5.41) is 7.40. The van der Waals surface area contributed by atoms with E-state index in [1.165, 1.54) is 48.3 Å². The van der Waals surface area contributed by atoms with Gasteiger partial charge in [-0.3, -0.25) is 5.32 Å². The maximum absolute atomic E-state index is 4.46. The van der Waals surface area contributed by atoms with Crippen LogP contribution in [0.2, 0.25) is 0 Å². The van der Waals surface area contributed by atoms with Crippen molar-refractivity contribution in [2.24, 2.45) is 0 Å². The monoisotopic (exact) mass is 365 g/mol. The van der Waals surface area contributed by atoms with Crippen LogP contribution >= 0.6 is 11.8 Å². The predicted molar refractivity (Wildman–Crippen MR) is 106 cm³/mol. The van der Waals surface area contributed by atoms with Crippen molar-refractivity contribution in [3.63, 3.8) is 0 Å². The number of hydrogen-bond donors (Lipinski definition) is 2. The molecule has 1 fully saturated rings. The zero-order valence-corrected chi connectivity index (χ0v) is 15.5. The highest BCUT2D eigenvalue weighted by atomic mass is 32.2. The van der Waals surface area contributed by atoms with Crippen LogP contribution in [-0.4, -0.2) is 26.1 Å². The van der Waals surface area contributed by atoms with E-state index in [0.717, 1.165) is 17.7 Å². The average Bonchev–Trinajstić information content (AvgIpc) is 3.26. The van der Waals surface area contributed by atoms with Crippen molar-refractivity contribution in [1.82, 2.24) is 19.9 Å². The summed E-state index contributed by atoms with van der Waals surface area (Å²) in [6.07, 6.45) is 10.4. The molecule has 3 heterocycles. The van der Waals surface area contributed by atoms with Crippen molar-refractivity contribution in [3.8, 4) is 0 Å². The third kappa shape index (κ3) is 3.19. The fraction of sp³-hybridized carbons (Fsp3) is 0.400. The van der Waals surface area contributed by atoms with Gasteiger partial charge in [0, 0.05) is 22.8 Å². The van der Waals surface area contributed by atoms with Crippen LogP contribution < -0.4 is 10.6 Å². The van der Waals surface area contributed by atoms with Gasteiger partial charge in [-0.05, 0) is 42.7 Å². The molecule has 26 heavy (non-hydrogen) atoms. The van der Waals surface area contributed by atoms with Crippen molar-refractivity contribution in [1.29, 1.82) is 0 Å². The van der Waals surface area contributed by atoms with Gasteiger partial charge >= 0.3 is 0 Å². The summed E-state index contributed by atoms with van der Waals surface area (Å²) in [4.78, 5) is 10.2. The number of hydrogen-bond acceptors (Lipinski definition) is 5. The molecule has 0 radical (unpaired) electrons. The fourth-order valence-corrected chi connectivity index (χ4v) is 5.12. The molecule has 134 valence electrons. The minimum absolute atomic E-state index is 0.291. The topological polar surface area (TPSA) is 54.8 Å². The van der Waals surface area contributed by atoms with Crippen LogP contribution in [0.5, 0.6) is 0 Å². The number of imidazole rings is 1. The first-order chi connectivity index (χ1) is 12.8. The number of anilines is 1. The molecule has 1 unspecified atom stereocenters. The van der Waals surface area contributed by atoms with Crippen LogP contribution in [0.25, 0.3) is 11.2 Å². The minimum Gasteiger partial charge on any atom is -0.360 e. The molecule has 1 aliphatic heterocycles. The van der Waals surface area contributed by atoms with E-state index in [-0.39, 0.29) is 0 Å². The Balaban J connectivity index is 1.29. The average molecular weight is 366 g/mol. The molecular formula is C20H23N5S. The van der Waals surface area contributed by atoms with E-state index >= 15 is 0 Å². The first-order valence-corrected chi connectivity index (χ1v) is 10.3. The molecule has 0 spiro atoms. The van der Waals surface area contributed by atoms with Crippen LogP contribution in [0.4, 0.5) is 5.69 Å². The highest BCUT2D eigenvalue weighted by molar-refractivity contribution is 8.00. The van der Waals surface area contributed by atoms with E-state index in [9.17, 15) is 0 Å². The highest BCUT2D eigenvalue weighted by Crippen LogP contribution is 2.38. The van der Waals surface area contributed by atoms with Gasteiger partial charge in [0.05, 0.1) is 12.9 Å². The van der Waals surface area contributed by atoms with Gasteiger partial charge in [-0.15, -0.1) is 0 Å². The Morgan fingerprint density at radius 1 is 1.15 bits per heavy atom. The molecule has 0 saturated heterocycles. The Morgan fingerprint density at radius 3 is 3.00 bits per heavy atom. The van der Waals surface area contributed by atoms with Crippen molar-refractivity contribution in [2.45, 2.75) is 55.1 Å². The predicted octanol–water partition coefficient (Wildman–Crippen LogP) is 4.20. The Labute approximate surface area is 157 Å². The second-order valence-corrected chi connectivity index (χ2v) is 8.34. The molecule has 5 nitrogen and oxygen atoms in total. The smallest absolute Gasteiger partial charge is 0.160 e. The molecule has 2 aromatic heterocycles. The molecule has 1 saturated carbocycles. The molecule has 1 atom stereocenters. The molecule has 2 aliphatic rings. The second kappa shape index (κ2) is 6.93. The lowest BCUT2D eigenvalue weighted by Crippen LogP contribution is -2.40. The molecular weight excluding hydrogens is 342 g/mol. The molecule has 1 aliphatic carbocycles. The van der Waals surface area contributed by atoms with E-state index in [1.807, 2.05) is 36.4 Å². The lowest BCUT2D eigenvalue weighted by molar-refractivity contribution is 0.375. The van der Waals surface area contributed by atoms with Gasteiger partial charge in [-0.2, -0.15) is 0 Å². The summed E-state index contributed by atoms with van der Waals surface area (Å²) in [6, 6.07) is 11.3. The summed E-state index contributed by atoms with van der Waals surface area (Å²) in [7, 11) is 0. The van der Waals surface area contributed by atoms with E-state index in [4.69, 9.17) is 0 Å². The number of fused-ring (bicyclic) bond motifs is 2. The highest BCUT2D eigenvalue weighted by Gasteiger charge is 2.24. The Bertz CT molecular complexity index is 915. The van der Waals surface area contributed by atoms with Crippen LogP contribution in [0, 0.1) is 0 Å². The fourth-order valence-electron chi connectivity index (χ4n) is 3.95. The quantitative estimate of drug-likeness (QED) is 0.726. The maximum atomic E-state index is 4.46. The molecule has 5 rings (SSSR count). The van der Waals surface area contributed by atoms with Gasteiger partial charge in [0.15, 0.2) is 5.65 Å². The Morgan fingerprint density at radius 2 is 2.08 bits per heavy atom. The number of thioether (sulfide) groups is 1. The van der Waals surface area contributed by atoms with Gasteiger partial charge in [0.25, 0.3) is 0 Å². The minimum atomic E-state index is 0.291. The van der Waals surface area contributed by atoms with Gasteiger partial charge in [-0.1, -0.05) is 37.1 Å². The maximum Gasteiger partial charge on any atom is 0.160 e. The summed E-state index contributed by atoms with van der Waals surface area (Å²) >= 11 is 1.90. The lowest BCUT2D eigenvalue weighted by Gasteiger charge is -2.26. The zero-order valence-electron chi connectivity index (χ0n) is 14.7. The van der Waals surface area contributed by atoms with Crippen LogP contribution in [-0.2, 0) is 6.54 Å². The number of nitrogens with one attached hydrogen (secondary N) is 2. The number of rotatable bonds is 4. The molecule has 3 aromatic rings. The normalized spacial score (nSPS) is 20.2. The first-order valence-electron chi connectivity index (χ1n) is 9.43. The van der Waals surface area contributed by atoms with Crippen molar-refractivity contribution < 1.29 is 0 Å². The summed E-state index contributed by atoms with van der Waals surface area (Å²) in [5.74, 6) is 0. The van der Waals surface area contributed by atoms with Gasteiger partial charge in [0.2, 0.25) is 0 Å². The zero-order chi connectivity index (χ0) is 17.3. The third-order valence-corrected chi connectivity index (χ3v) is 6.38. The van der Waals surface area contributed by atoms with Gasteiger partial charge < -0.3 is 9.88 Å². The molecule has 0 bridgehead atoms. The summed E-state index contributed by atoms with van der Waals surface area (Å²) < 4.78 is 2.11. The Hall–Kier alpha value is -2.05.